The largest absolute Gasteiger partial charge is 0.506 e. The first-order valence-corrected chi connectivity index (χ1v) is 15.7. The van der Waals surface area contributed by atoms with Gasteiger partial charge in [0, 0.05) is 5.56 Å². The van der Waals surface area contributed by atoms with E-state index in [1.807, 2.05) is 12.1 Å². The van der Waals surface area contributed by atoms with E-state index in [9.17, 15) is 15.0 Å². The molecule has 0 saturated carbocycles. The van der Waals surface area contributed by atoms with E-state index in [0.29, 0.717) is 5.75 Å². The van der Waals surface area contributed by atoms with Crippen molar-refractivity contribution in [2.45, 2.75) is 129 Å². The zero-order valence-electron chi connectivity index (χ0n) is 25.0. The standard InChI is InChI=1S/C35H53NO4/c1-3-5-6-7-8-9-10-11-12-13-14-15-16-17-18-19-20-29-21-24-31(25-22-29)40-35(39,27-4-2)34(38)30-23-26-33(37)32(36)28-30/h4,21-28,37,39H,3,5-20,36H2,1-2H3. The highest BCUT2D eigenvalue weighted by molar-refractivity contribution is 6.03. The Labute approximate surface area is 242 Å². The van der Waals surface area contributed by atoms with E-state index < -0.39 is 11.6 Å². The van der Waals surface area contributed by atoms with Crippen molar-refractivity contribution in [3.8, 4) is 11.5 Å². The van der Waals surface area contributed by atoms with E-state index in [1.54, 1.807) is 25.1 Å². The Hall–Kier alpha value is -2.79. The van der Waals surface area contributed by atoms with E-state index in [2.05, 4.69) is 6.92 Å². The number of aromatic hydroxyl groups is 1. The number of phenols is 1. The molecule has 1 atom stereocenters. The number of nitrogens with two attached hydrogens (primary N) is 1. The number of anilines is 1. The predicted octanol–water partition coefficient (Wildman–Crippen LogP) is 9.30. The molecule has 5 nitrogen and oxygen atoms in total. The lowest BCUT2D eigenvalue weighted by molar-refractivity contribution is -0.0629. The molecule has 0 aromatic heterocycles. The van der Waals surface area contributed by atoms with Crippen molar-refractivity contribution in [1.82, 2.24) is 0 Å². The summed E-state index contributed by atoms with van der Waals surface area (Å²) in [6.45, 7) is 3.98. The molecule has 2 rings (SSSR count). The number of hydrogen-bond donors (Lipinski definition) is 3. The molecule has 0 aliphatic rings. The molecule has 2 aromatic carbocycles. The molecular weight excluding hydrogens is 498 g/mol. The lowest BCUT2D eigenvalue weighted by atomic mass is 10.0. The number of nitrogen functional groups attached to an aromatic ring is 1. The SMILES string of the molecule is CC=CC(O)(Oc1ccc(CCCCCCCCCCCCCCCCCC)cc1)C(=O)c1ccc(O)c(N)c1. The van der Waals surface area contributed by atoms with Crippen LogP contribution in [0.25, 0.3) is 0 Å². The summed E-state index contributed by atoms with van der Waals surface area (Å²) >= 11 is 0. The second-order valence-electron chi connectivity index (χ2n) is 11.1. The van der Waals surface area contributed by atoms with Gasteiger partial charge in [0.15, 0.2) is 0 Å². The molecule has 1 unspecified atom stereocenters. The third kappa shape index (κ3) is 12.6. The van der Waals surface area contributed by atoms with Crippen molar-refractivity contribution in [3.63, 3.8) is 0 Å². The van der Waals surface area contributed by atoms with E-state index in [0.717, 1.165) is 12.8 Å². The number of aryl methyl sites for hydroxylation is 1. The van der Waals surface area contributed by atoms with E-state index in [1.165, 1.54) is 126 Å². The van der Waals surface area contributed by atoms with E-state index in [4.69, 9.17) is 10.5 Å². The van der Waals surface area contributed by atoms with Crippen LogP contribution in [0.1, 0.15) is 133 Å². The summed E-state index contributed by atoms with van der Waals surface area (Å²) < 4.78 is 5.73. The summed E-state index contributed by atoms with van der Waals surface area (Å²) in [4.78, 5) is 13.0. The van der Waals surface area contributed by atoms with Crippen LogP contribution >= 0.6 is 0 Å². The van der Waals surface area contributed by atoms with Crippen LogP contribution in [-0.2, 0) is 6.42 Å². The summed E-state index contributed by atoms with van der Waals surface area (Å²) in [5.41, 5.74) is 7.14. The second-order valence-corrected chi connectivity index (χ2v) is 11.1. The monoisotopic (exact) mass is 551 g/mol. The third-order valence-corrected chi connectivity index (χ3v) is 7.52. The molecule has 0 heterocycles. The Morgan fingerprint density at radius 1 is 0.800 bits per heavy atom. The molecule has 40 heavy (non-hydrogen) atoms. The van der Waals surface area contributed by atoms with Gasteiger partial charge < -0.3 is 20.7 Å². The number of rotatable bonds is 22. The van der Waals surface area contributed by atoms with Gasteiger partial charge >= 0.3 is 0 Å². The van der Waals surface area contributed by atoms with Crippen LogP contribution in [0, 0.1) is 0 Å². The first-order chi connectivity index (χ1) is 19.4. The molecule has 0 radical (unpaired) electrons. The van der Waals surface area contributed by atoms with Crippen LogP contribution in [0.15, 0.2) is 54.6 Å². The minimum Gasteiger partial charge on any atom is -0.506 e. The fourth-order valence-electron chi connectivity index (χ4n) is 5.07. The number of Topliss-reactive ketones (excluding diaryl/α,β-unsaturated/α-hetero) is 1. The highest BCUT2D eigenvalue weighted by Crippen LogP contribution is 2.27. The zero-order valence-corrected chi connectivity index (χ0v) is 25.0. The van der Waals surface area contributed by atoms with Crippen LogP contribution in [0.3, 0.4) is 0 Å². The van der Waals surface area contributed by atoms with Crippen LogP contribution in [0.4, 0.5) is 5.69 Å². The summed E-state index contributed by atoms with van der Waals surface area (Å²) in [6.07, 6.45) is 25.7. The van der Waals surface area contributed by atoms with Gasteiger partial charge in [-0.05, 0) is 61.7 Å². The number of carbonyl (C=O) groups is 1. The Bertz CT molecular complexity index is 1000. The topological polar surface area (TPSA) is 92.8 Å². The number of phenolic OH excluding ortho intramolecular Hbond substituents is 1. The maximum Gasteiger partial charge on any atom is 0.292 e. The van der Waals surface area contributed by atoms with Gasteiger partial charge in [-0.3, -0.25) is 4.79 Å². The average molecular weight is 552 g/mol. The predicted molar refractivity (Wildman–Crippen MR) is 167 cm³/mol. The van der Waals surface area contributed by atoms with Gasteiger partial charge in [-0.15, -0.1) is 0 Å². The van der Waals surface area contributed by atoms with Gasteiger partial charge in [0.1, 0.15) is 11.5 Å². The number of hydrogen-bond acceptors (Lipinski definition) is 5. The van der Waals surface area contributed by atoms with Gasteiger partial charge in [0.25, 0.3) is 5.79 Å². The number of ether oxygens (including phenoxy) is 1. The first-order valence-electron chi connectivity index (χ1n) is 15.7. The maximum absolute atomic E-state index is 13.0. The van der Waals surface area contributed by atoms with Crippen molar-refractivity contribution in [1.29, 1.82) is 0 Å². The molecule has 0 spiro atoms. The molecule has 4 N–H and O–H groups in total. The molecule has 0 fully saturated rings. The quantitative estimate of drug-likeness (QED) is 0.0338. The maximum atomic E-state index is 13.0. The fraction of sp³-hybridized carbons (Fsp3) is 0.571. The van der Waals surface area contributed by atoms with E-state index >= 15 is 0 Å². The highest BCUT2D eigenvalue weighted by Gasteiger charge is 2.36. The Morgan fingerprint density at radius 2 is 1.30 bits per heavy atom. The third-order valence-electron chi connectivity index (χ3n) is 7.52. The van der Waals surface area contributed by atoms with Crippen LogP contribution < -0.4 is 10.5 Å². The number of unbranched alkanes of at least 4 members (excludes halogenated alkanes) is 15. The van der Waals surface area contributed by atoms with Gasteiger partial charge in [-0.2, -0.15) is 0 Å². The molecular formula is C35H53NO4. The second kappa shape index (κ2) is 19.3. The Morgan fingerprint density at radius 3 is 1.77 bits per heavy atom. The lowest BCUT2D eigenvalue weighted by Gasteiger charge is -2.25. The summed E-state index contributed by atoms with van der Waals surface area (Å²) in [7, 11) is 0. The van der Waals surface area contributed by atoms with Crippen molar-refractivity contribution < 1.29 is 19.7 Å². The minimum atomic E-state index is -2.17. The average Bonchev–Trinajstić information content (AvgIpc) is 2.95. The first kappa shape index (κ1) is 33.4. The van der Waals surface area contributed by atoms with Gasteiger partial charge in [0.05, 0.1) is 5.69 Å². The molecule has 5 heteroatoms. The van der Waals surface area contributed by atoms with Crippen LogP contribution in [-0.4, -0.2) is 21.8 Å². The molecule has 0 amide bonds. The molecule has 0 saturated heterocycles. The van der Waals surface area contributed by atoms with Gasteiger partial charge in [-0.1, -0.05) is 121 Å². The molecule has 0 aliphatic heterocycles. The summed E-state index contributed by atoms with van der Waals surface area (Å²) in [6, 6.07) is 11.6. The molecule has 0 bridgehead atoms. The van der Waals surface area contributed by atoms with Gasteiger partial charge in [-0.25, -0.2) is 0 Å². The lowest BCUT2D eigenvalue weighted by Crippen LogP contribution is -2.42. The smallest absolute Gasteiger partial charge is 0.292 e. The van der Waals surface area contributed by atoms with Crippen LogP contribution in [0.5, 0.6) is 11.5 Å². The Balaban J connectivity index is 1.61. The Kier molecular flexibility index (Phi) is 16.1. The number of ketones is 1. The molecule has 222 valence electrons. The number of aliphatic hydroxyl groups is 1. The van der Waals surface area contributed by atoms with Crippen molar-refractivity contribution in [2.75, 3.05) is 5.73 Å². The van der Waals surface area contributed by atoms with Crippen LogP contribution in [0.2, 0.25) is 0 Å². The fourth-order valence-corrected chi connectivity index (χ4v) is 5.07. The summed E-state index contributed by atoms with van der Waals surface area (Å²) in [5.74, 6) is -2.55. The van der Waals surface area contributed by atoms with Crippen molar-refractivity contribution >= 4 is 11.5 Å². The normalized spacial score (nSPS) is 13.0. The molecule has 2 aromatic rings. The van der Waals surface area contributed by atoms with E-state index in [-0.39, 0.29) is 17.0 Å². The number of allylic oxidation sites excluding steroid dienone is 1. The van der Waals surface area contributed by atoms with Gasteiger partial charge in [0.2, 0.25) is 5.78 Å². The zero-order chi connectivity index (χ0) is 29.1. The highest BCUT2D eigenvalue weighted by atomic mass is 16.6. The number of carbonyl (C=O) groups excluding carboxylic acids is 1. The molecule has 0 aliphatic carbocycles. The van der Waals surface area contributed by atoms with Crippen molar-refractivity contribution in [3.05, 3.63) is 65.7 Å². The minimum absolute atomic E-state index is 0.0621. The summed E-state index contributed by atoms with van der Waals surface area (Å²) in [5, 5.41) is 20.7. The number of benzene rings is 2. The van der Waals surface area contributed by atoms with Crippen molar-refractivity contribution in [2.24, 2.45) is 0 Å².